The number of hydrogen-bond acceptors (Lipinski definition) is 9. The van der Waals surface area contributed by atoms with Crippen molar-refractivity contribution in [1.29, 1.82) is 0 Å². The third-order valence-electron chi connectivity index (χ3n) is 6.57. The molecule has 2 aromatic carbocycles. The molecule has 3 N–H and O–H groups in total. The normalized spacial score (nSPS) is 19.7. The molecule has 206 valence electrons. The third kappa shape index (κ3) is 6.81. The van der Waals surface area contributed by atoms with Gasteiger partial charge in [0.25, 0.3) is 0 Å². The molecule has 2 fully saturated rings. The summed E-state index contributed by atoms with van der Waals surface area (Å²) in [6.07, 6.45) is 5.33. The molecule has 39 heavy (non-hydrogen) atoms. The van der Waals surface area contributed by atoms with E-state index in [4.69, 9.17) is 25.8 Å². The molecule has 0 bridgehead atoms. The van der Waals surface area contributed by atoms with Crippen LogP contribution in [0.1, 0.15) is 6.42 Å². The van der Waals surface area contributed by atoms with Crippen molar-refractivity contribution in [2.75, 3.05) is 56.8 Å². The van der Waals surface area contributed by atoms with Gasteiger partial charge in [-0.15, -0.1) is 0 Å². The van der Waals surface area contributed by atoms with Crippen molar-refractivity contribution < 1.29 is 28.5 Å². The number of carbonyl (C=O) groups excluding carboxylic acids is 1. The number of aliphatic hydroxyl groups excluding tert-OH is 1. The van der Waals surface area contributed by atoms with Gasteiger partial charge in [0.05, 0.1) is 42.7 Å². The van der Waals surface area contributed by atoms with Crippen LogP contribution in [-0.2, 0) is 14.3 Å². The molecule has 1 amide bonds. The lowest BCUT2D eigenvalue weighted by Crippen LogP contribution is -2.49. The van der Waals surface area contributed by atoms with Crippen molar-refractivity contribution in [3.63, 3.8) is 0 Å². The average molecular weight is 558 g/mol. The molecule has 5 rings (SSSR count). The van der Waals surface area contributed by atoms with E-state index in [2.05, 4.69) is 25.5 Å². The fourth-order valence-corrected chi connectivity index (χ4v) is 4.52. The number of hydrogen-bond donors (Lipinski definition) is 3. The number of nitrogens with zero attached hydrogens (tertiary/aromatic N) is 3. The molecule has 3 aromatic rings. The first-order valence-electron chi connectivity index (χ1n) is 12.7. The van der Waals surface area contributed by atoms with Crippen LogP contribution < -0.4 is 15.4 Å². The zero-order valence-electron chi connectivity index (χ0n) is 21.1. The summed E-state index contributed by atoms with van der Waals surface area (Å²) in [4.78, 5) is 23.6. The van der Waals surface area contributed by atoms with Gasteiger partial charge in [-0.2, -0.15) is 0 Å². The summed E-state index contributed by atoms with van der Waals surface area (Å²) in [5, 5.41) is 16.0. The summed E-state index contributed by atoms with van der Waals surface area (Å²) in [6, 6.07) is 7.85. The summed E-state index contributed by atoms with van der Waals surface area (Å²) in [6.45, 7) is 3.25. The predicted molar refractivity (Wildman–Crippen MR) is 145 cm³/mol. The van der Waals surface area contributed by atoms with E-state index in [0.29, 0.717) is 60.2 Å². The second-order valence-electron chi connectivity index (χ2n) is 9.23. The largest absolute Gasteiger partial charge is 0.489 e. The highest BCUT2D eigenvalue weighted by molar-refractivity contribution is 6.31. The molecule has 0 spiro atoms. The number of halogens is 2. The van der Waals surface area contributed by atoms with Crippen molar-refractivity contribution in [2.45, 2.75) is 18.6 Å². The number of aliphatic hydroxyl groups is 1. The van der Waals surface area contributed by atoms with Crippen LogP contribution in [-0.4, -0.2) is 84.2 Å². The van der Waals surface area contributed by atoms with E-state index in [1.165, 1.54) is 24.5 Å². The standard InChI is InChI=1S/C27H29ClFN5O5/c28-21-10-17(3-4-22(21)29)32-27-20-11-24(33-26(36)2-1-6-34-7-5-18(34)13-35)25(12-23(20)30-16-31-27)39-15-19-14-37-8-9-38-19/h1-4,10-12,16,18-19,35H,5-9,13-15H2,(H,33,36)(H,30,31,32)/t18?,19-/m1/s1. The monoisotopic (exact) mass is 557 g/mol. The van der Waals surface area contributed by atoms with Gasteiger partial charge >= 0.3 is 0 Å². The number of amides is 1. The third-order valence-corrected chi connectivity index (χ3v) is 6.86. The zero-order chi connectivity index (χ0) is 27.2. The Labute approximate surface area is 229 Å². The Bertz CT molecular complexity index is 1350. The molecule has 0 saturated carbocycles. The van der Waals surface area contributed by atoms with Crippen LogP contribution in [0.3, 0.4) is 0 Å². The van der Waals surface area contributed by atoms with E-state index >= 15 is 0 Å². The van der Waals surface area contributed by atoms with Crippen molar-refractivity contribution in [3.8, 4) is 5.75 Å². The molecule has 10 nitrogen and oxygen atoms in total. The lowest BCUT2D eigenvalue weighted by Gasteiger charge is -2.39. The van der Waals surface area contributed by atoms with E-state index in [1.807, 2.05) is 0 Å². The van der Waals surface area contributed by atoms with Crippen LogP contribution in [0.2, 0.25) is 5.02 Å². The Morgan fingerprint density at radius 2 is 2.18 bits per heavy atom. The first kappa shape index (κ1) is 27.2. The van der Waals surface area contributed by atoms with Gasteiger partial charge in [-0.05, 0) is 30.7 Å². The zero-order valence-corrected chi connectivity index (χ0v) is 21.9. The van der Waals surface area contributed by atoms with E-state index in [-0.39, 0.29) is 36.3 Å². The Morgan fingerprint density at radius 1 is 1.28 bits per heavy atom. The summed E-state index contributed by atoms with van der Waals surface area (Å²) in [7, 11) is 0. The van der Waals surface area contributed by atoms with E-state index in [9.17, 15) is 14.3 Å². The Balaban J connectivity index is 1.39. The molecular formula is C27H29ClFN5O5. The van der Waals surface area contributed by atoms with Crippen LogP contribution in [0.15, 0.2) is 48.8 Å². The predicted octanol–water partition coefficient (Wildman–Crippen LogP) is 3.52. The van der Waals surface area contributed by atoms with Crippen LogP contribution in [0, 0.1) is 5.82 Å². The first-order valence-corrected chi connectivity index (χ1v) is 13.0. The Kier molecular flexibility index (Phi) is 8.84. The Morgan fingerprint density at radius 3 is 2.92 bits per heavy atom. The number of benzene rings is 2. The number of carbonyl (C=O) groups is 1. The quantitative estimate of drug-likeness (QED) is 0.322. The summed E-state index contributed by atoms with van der Waals surface area (Å²) in [5.41, 5.74) is 1.52. The fourth-order valence-electron chi connectivity index (χ4n) is 4.34. The highest BCUT2D eigenvalue weighted by atomic mass is 35.5. The second kappa shape index (κ2) is 12.7. The number of fused-ring (bicyclic) bond motifs is 1. The van der Waals surface area contributed by atoms with Gasteiger partial charge in [-0.25, -0.2) is 14.4 Å². The van der Waals surface area contributed by atoms with Gasteiger partial charge in [-0.1, -0.05) is 17.7 Å². The maximum Gasteiger partial charge on any atom is 0.248 e. The van der Waals surface area contributed by atoms with Gasteiger partial charge in [0.15, 0.2) is 0 Å². The number of ether oxygens (including phenoxy) is 3. The van der Waals surface area contributed by atoms with E-state index in [0.717, 1.165) is 13.0 Å². The topological polar surface area (TPSA) is 118 Å². The van der Waals surface area contributed by atoms with Crippen molar-refractivity contribution in [2.24, 2.45) is 0 Å². The number of aromatic nitrogens is 2. The van der Waals surface area contributed by atoms with Gasteiger partial charge < -0.3 is 30.0 Å². The summed E-state index contributed by atoms with van der Waals surface area (Å²) in [5.74, 6) is -0.00904. The van der Waals surface area contributed by atoms with E-state index < -0.39 is 5.82 Å². The molecule has 3 heterocycles. The van der Waals surface area contributed by atoms with Crippen molar-refractivity contribution >= 4 is 45.6 Å². The average Bonchev–Trinajstić information content (AvgIpc) is 2.92. The molecule has 1 unspecified atom stereocenters. The molecule has 1 aromatic heterocycles. The first-order chi connectivity index (χ1) is 19.0. The van der Waals surface area contributed by atoms with Crippen molar-refractivity contribution in [3.05, 3.63) is 59.7 Å². The fraction of sp³-hybridized carbons (Fsp3) is 0.370. The molecule has 2 saturated heterocycles. The van der Waals surface area contributed by atoms with E-state index in [1.54, 1.807) is 24.3 Å². The maximum atomic E-state index is 13.6. The van der Waals surface area contributed by atoms with Crippen LogP contribution in [0.25, 0.3) is 10.9 Å². The van der Waals surface area contributed by atoms with Gasteiger partial charge in [0, 0.05) is 42.3 Å². The molecule has 0 radical (unpaired) electrons. The minimum atomic E-state index is -0.525. The number of rotatable bonds is 10. The second-order valence-corrected chi connectivity index (χ2v) is 9.64. The highest BCUT2D eigenvalue weighted by Gasteiger charge is 2.25. The smallest absolute Gasteiger partial charge is 0.248 e. The van der Waals surface area contributed by atoms with Gasteiger partial charge in [-0.3, -0.25) is 9.69 Å². The molecular weight excluding hydrogens is 529 g/mol. The number of nitrogens with one attached hydrogen (secondary N) is 2. The summed E-state index contributed by atoms with van der Waals surface area (Å²) >= 11 is 5.94. The number of anilines is 3. The lowest BCUT2D eigenvalue weighted by atomic mass is 10.0. The number of likely N-dealkylation sites (tertiary alicyclic amines) is 1. The van der Waals surface area contributed by atoms with Crippen molar-refractivity contribution in [1.82, 2.24) is 14.9 Å². The molecule has 12 heteroatoms. The minimum absolute atomic E-state index is 0.0220. The molecule has 2 atom stereocenters. The SMILES string of the molecule is O=C(C=CCN1CCC1CO)Nc1cc2c(Nc3ccc(F)c(Cl)c3)ncnc2cc1OC[C@H]1COCCO1. The Hall–Kier alpha value is -3.35. The van der Waals surface area contributed by atoms with Crippen LogP contribution >= 0.6 is 11.6 Å². The molecule has 2 aliphatic rings. The summed E-state index contributed by atoms with van der Waals surface area (Å²) < 4.78 is 30.8. The lowest BCUT2D eigenvalue weighted by molar-refractivity contribution is -0.112. The highest BCUT2D eigenvalue weighted by Crippen LogP contribution is 2.34. The van der Waals surface area contributed by atoms with Gasteiger partial charge in [0.1, 0.15) is 36.4 Å². The minimum Gasteiger partial charge on any atom is -0.489 e. The molecule has 0 aliphatic carbocycles. The van der Waals surface area contributed by atoms with Gasteiger partial charge in [0.2, 0.25) is 5.91 Å². The van der Waals surface area contributed by atoms with Crippen LogP contribution in [0.4, 0.5) is 21.6 Å². The van der Waals surface area contributed by atoms with Crippen LogP contribution in [0.5, 0.6) is 5.75 Å². The molecule has 2 aliphatic heterocycles. The maximum absolute atomic E-state index is 13.6.